The Morgan fingerprint density at radius 2 is 2.00 bits per heavy atom. The molecule has 0 bridgehead atoms. The van der Waals surface area contributed by atoms with Crippen molar-refractivity contribution in [1.82, 2.24) is 4.90 Å². The van der Waals surface area contributed by atoms with Gasteiger partial charge in [-0.25, -0.2) is 0 Å². The number of carbonyl (C=O) groups excluding carboxylic acids is 1. The summed E-state index contributed by atoms with van der Waals surface area (Å²) in [5.41, 5.74) is 1.33. The molecule has 1 amide bonds. The summed E-state index contributed by atoms with van der Waals surface area (Å²) in [5, 5.41) is 8.90. The molecule has 164 valence electrons. The molecule has 9 nitrogen and oxygen atoms in total. The maximum atomic E-state index is 12.4. The number of anilines is 1. The lowest BCUT2D eigenvalue weighted by molar-refractivity contribution is -0.140. The molecule has 3 rings (SSSR count). The zero-order valence-electron chi connectivity index (χ0n) is 16.2. The third kappa shape index (κ3) is 5.73. The number of carboxylic acids is 1. The number of benzene rings is 1. The molecule has 12 heteroatoms. The van der Waals surface area contributed by atoms with Gasteiger partial charge in [0.15, 0.2) is 5.75 Å². The lowest BCUT2D eigenvalue weighted by atomic mass is 10.2. The van der Waals surface area contributed by atoms with Gasteiger partial charge in [-0.2, -0.15) is 8.42 Å². The van der Waals surface area contributed by atoms with Gasteiger partial charge < -0.3 is 14.7 Å². The van der Waals surface area contributed by atoms with E-state index in [2.05, 4.69) is 0 Å². The number of thiocarbonyl (C=S) groups is 1. The van der Waals surface area contributed by atoms with E-state index >= 15 is 0 Å². The number of aliphatic carboxylic acids is 1. The van der Waals surface area contributed by atoms with Gasteiger partial charge in [0.1, 0.15) is 10.9 Å². The minimum Gasteiger partial charge on any atom is -0.480 e. The zero-order valence-corrected chi connectivity index (χ0v) is 18.7. The van der Waals surface area contributed by atoms with E-state index in [4.69, 9.17) is 26.6 Å². The molecule has 1 aromatic rings. The van der Waals surface area contributed by atoms with Crippen LogP contribution in [0, 0.1) is 0 Å². The number of nitrogens with zero attached hydrogens (tertiary/aromatic N) is 2. The summed E-state index contributed by atoms with van der Waals surface area (Å²) in [7, 11) is -4.16. The summed E-state index contributed by atoms with van der Waals surface area (Å²) in [6.07, 6.45) is 4.88. The number of hydrogen-bond donors (Lipinski definition) is 2. The minimum absolute atomic E-state index is 0.0115. The molecule has 2 aliphatic heterocycles. The minimum atomic E-state index is -4.16. The van der Waals surface area contributed by atoms with Crippen LogP contribution in [0.15, 0.2) is 58.9 Å². The van der Waals surface area contributed by atoms with E-state index in [0.717, 1.165) is 16.7 Å². The molecule has 0 aromatic heterocycles. The molecule has 1 saturated heterocycles. The average Bonchev–Trinajstić information content (AvgIpc) is 3.16. The summed E-state index contributed by atoms with van der Waals surface area (Å²) >= 11 is 6.09. The highest BCUT2D eigenvalue weighted by Crippen LogP contribution is 2.38. The predicted molar refractivity (Wildman–Crippen MR) is 120 cm³/mol. The molecular formula is C19H18N2O7S3. The molecule has 0 unspecified atom stereocenters. The fourth-order valence-electron chi connectivity index (χ4n) is 2.84. The fourth-order valence-corrected chi connectivity index (χ4v) is 4.56. The summed E-state index contributed by atoms with van der Waals surface area (Å²) in [6, 6.07) is 7.07. The van der Waals surface area contributed by atoms with E-state index < -0.39 is 34.3 Å². The highest BCUT2D eigenvalue weighted by molar-refractivity contribution is 8.26. The van der Waals surface area contributed by atoms with E-state index in [1.54, 1.807) is 54.3 Å². The maximum absolute atomic E-state index is 12.4. The van der Waals surface area contributed by atoms with E-state index in [9.17, 15) is 18.0 Å². The molecular weight excluding hydrogens is 464 g/mol. The molecule has 2 N–H and O–H groups in total. The molecule has 2 aliphatic rings. The molecule has 0 radical (unpaired) electrons. The number of thioether (sulfide) groups is 1. The second kappa shape index (κ2) is 9.22. The van der Waals surface area contributed by atoms with E-state index in [-0.39, 0.29) is 10.9 Å². The van der Waals surface area contributed by atoms with Crippen LogP contribution < -0.4 is 9.64 Å². The smallest absolute Gasteiger partial charge is 0.323 e. The van der Waals surface area contributed by atoms with Crippen molar-refractivity contribution in [2.45, 2.75) is 6.92 Å². The standard InChI is InChI=1S/C19H18N2O7S3/c1-12(10-15-18(24)21(11-17(22)23)19(29)30-15)6-7-16-20(8-9-31(25,26)27)13-4-2-3-5-14(13)28-16/h2-7,10H,8-9,11H2,1H3,(H,22,23)(H,25,26,27)/b12-6+,15-10?,16-7-. The first kappa shape index (κ1) is 23.0. The van der Waals surface area contributed by atoms with Gasteiger partial charge in [0, 0.05) is 6.54 Å². The number of ether oxygens (including phenoxy) is 1. The van der Waals surface area contributed by atoms with E-state index in [1.165, 1.54) is 0 Å². The van der Waals surface area contributed by atoms with Crippen molar-refractivity contribution < 1.29 is 32.4 Å². The molecule has 31 heavy (non-hydrogen) atoms. The van der Waals surface area contributed by atoms with Crippen LogP contribution in [0.5, 0.6) is 5.75 Å². The first-order chi connectivity index (χ1) is 14.5. The Bertz CT molecular complexity index is 1140. The normalized spacial score (nSPS) is 19.4. The number of carbonyl (C=O) groups is 2. The number of rotatable bonds is 7. The Balaban J connectivity index is 1.81. The maximum Gasteiger partial charge on any atom is 0.323 e. The Kier molecular flexibility index (Phi) is 6.84. The molecule has 0 atom stereocenters. The van der Waals surface area contributed by atoms with Crippen molar-refractivity contribution in [2.24, 2.45) is 0 Å². The van der Waals surface area contributed by atoms with Crippen LogP contribution in [0.1, 0.15) is 6.92 Å². The van der Waals surface area contributed by atoms with E-state index in [1.807, 2.05) is 0 Å². The third-order valence-corrected chi connectivity index (χ3v) is 6.30. The number of amides is 1. The van der Waals surface area contributed by atoms with Gasteiger partial charge in [-0.1, -0.05) is 42.2 Å². The van der Waals surface area contributed by atoms with E-state index in [0.29, 0.717) is 27.8 Å². The number of allylic oxidation sites excluding steroid dienone is 4. The molecule has 0 spiro atoms. The van der Waals surface area contributed by atoms with Crippen LogP contribution in [0.2, 0.25) is 0 Å². The number of para-hydroxylation sites is 2. The number of hydrogen-bond acceptors (Lipinski definition) is 8. The lowest BCUT2D eigenvalue weighted by Crippen LogP contribution is -2.33. The van der Waals surface area contributed by atoms with Crippen molar-refractivity contribution in [3.63, 3.8) is 0 Å². The monoisotopic (exact) mass is 482 g/mol. The summed E-state index contributed by atoms with van der Waals surface area (Å²) in [6.45, 7) is 1.23. The number of fused-ring (bicyclic) bond motifs is 1. The van der Waals surface area contributed by atoms with Gasteiger partial charge in [-0.15, -0.1) is 0 Å². The van der Waals surface area contributed by atoms with Crippen molar-refractivity contribution in [2.75, 3.05) is 23.7 Å². The Morgan fingerprint density at radius 3 is 2.68 bits per heavy atom. The fraction of sp³-hybridized carbons (Fsp3) is 0.211. The average molecular weight is 483 g/mol. The van der Waals surface area contributed by atoms with Gasteiger partial charge in [0.05, 0.1) is 16.3 Å². The summed E-state index contributed by atoms with van der Waals surface area (Å²) in [4.78, 5) is 26.2. The molecule has 1 fully saturated rings. The zero-order chi connectivity index (χ0) is 22.8. The van der Waals surface area contributed by atoms with Gasteiger partial charge in [-0.05, 0) is 36.8 Å². The molecule has 0 aliphatic carbocycles. The third-order valence-electron chi connectivity index (χ3n) is 4.22. The Labute approximate surface area is 188 Å². The second-order valence-corrected chi connectivity index (χ2v) is 9.83. The Morgan fingerprint density at radius 1 is 1.29 bits per heavy atom. The SMILES string of the molecule is C/C(C=C1SC(=S)N(CC(=O)O)C1=O)=C\C=C1/Oc2ccccc2N1CCS(=O)(=O)O. The number of carboxylic acid groups (broad SMARTS) is 1. The van der Waals surface area contributed by atoms with Gasteiger partial charge >= 0.3 is 5.97 Å². The van der Waals surface area contributed by atoms with Crippen molar-refractivity contribution >= 4 is 56.0 Å². The van der Waals surface area contributed by atoms with Crippen LogP contribution in [-0.2, 0) is 19.7 Å². The van der Waals surface area contributed by atoms with Crippen molar-refractivity contribution in [3.05, 3.63) is 58.9 Å². The van der Waals surface area contributed by atoms with Crippen LogP contribution in [-0.4, -0.2) is 58.0 Å². The van der Waals surface area contributed by atoms with Crippen LogP contribution in [0.4, 0.5) is 5.69 Å². The van der Waals surface area contributed by atoms with Crippen molar-refractivity contribution in [1.29, 1.82) is 0 Å². The largest absolute Gasteiger partial charge is 0.480 e. The van der Waals surface area contributed by atoms with Crippen LogP contribution in [0.25, 0.3) is 0 Å². The first-order valence-corrected chi connectivity index (χ1v) is 11.7. The quantitative estimate of drug-likeness (QED) is 0.340. The van der Waals surface area contributed by atoms with Gasteiger partial charge in [0.25, 0.3) is 16.0 Å². The van der Waals surface area contributed by atoms with Crippen LogP contribution in [0.3, 0.4) is 0 Å². The van der Waals surface area contributed by atoms with Crippen LogP contribution >= 0.6 is 24.0 Å². The summed E-state index contributed by atoms with van der Waals surface area (Å²) in [5.74, 6) is -1.20. The lowest BCUT2D eigenvalue weighted by Gasteiger charge is -2.17. The highest BCUT2D eigenvalue weighted by Gasteiger charge is 2.33. The first-order valence-electron chi connectivity index (χ1n) is 8.90. The molecule has 2 heterocycles. The predicted octanol–water partition coefficient (Wildman–Crippen LogP) is 2.39. The summed E-state index contributed by atoms with van der Waals surface area (Å²) < 4.78 is 37.4. The topological polar surface area (TPSA) is 124 Å². The molecule has 0 saturated carbocycles. The second-order valence-electron chi connectivity index (χ2n) is 6.58. The van der Waals surface area contributed by atoms with Gasteiger partial charge in [0.2, 0.25) is 5.88 Å². The van der Waals surface area contributed by atoms with Gasteiger partial charge in [-0.3, -0.25) is 19.0 Å². The molecule has 1 aromatic carbocycles. The van der Waals surface area contributed by atoms with Crippen molar-refractivity contribution in [3.8, 4) is 5.75 Å². The highest BCUT2D eigenvalue weighted by atomic mass is 32.2. The Hall–Kier alpha value is -2.67.